The second kappa shape index (κ2) is 4.64. The highest BCUT2D eigenvalue weighted by Gasteiger charge is 2.54. The van der Waals surface area contributed by atoms with Crippen molar-refractivity contribution < 1.29 is 19.4 Å². The van der Waals surface area contributed by atoms with Crippen molar-refractivity contribution in [3.63, 3.8) is 0 Å². The van der Waals surface area contributed by atoms with Gasteiger partial charge in [-0.2, -0.15) is 0 Å². The Balaban J connectivity index is 2.14. The van der Waals surface area contributed by atoms with Gasteiger partial charge in [-0.15, -0.1) is 0 Å². The van der Waals surface area contributed by atoms with Gasteiger partial charge in [-0.3, -0.25) is 9.59 Å². The van der Waals surface area contributed by atoms with Gasteiger partial charge in [0.05, 0.1) is 12.0 Å². The van der Waals surface area contributed by atoms with Gasteiger partial charge >= 0.3 is 5.97 Å². The summed E-state index contributed by atoms with van der Waals surface area (Å²) < 4.78 is 5.35. The molecule has 0 spiro atoms. The monoisotopic (exact) mass is 241 g/mol. The van der Waals surface area contributed by atoms with E-state index in [1.165, 1.54) is 0 Å². The number of hydrogen-bond donors (Lipinski definition) is 1. The standard InChI is InChI=1S/C12H19NO4/c1-2-3-10(14)13-6-9-7-17-5-4-12(9,8-13)11(15)16/h9H,2-8H2,1H3,(H,15,16)/t9-,12+/m0/s1. The number of carbonyl (C=O) groups excluding carboxylic acids is 1. The number of ether oxygens (including phenoxy) is 1. The van der Waals surface area contributed by atoms with E-state index in [-0.39, 0.29) is 11.8 Å². The first-order valence-electron chi connectivity index (χ1n) is 6.19. The van der Waals surface area contributed by atoms with Crippen LogP contribution >= 0.6 is 0 Å². The maximum atomic E-state index is 11.8. The van der Waals surface area contributed by atoms with E-state index in [0.29, 0.717) is 39.1 Å². The molecular formula is C12H19NO4. The molecule has 2 aliphatic rings. The number of amides is 1. The molecule has 2 saturated heterocycles. The van der Waals surface area contributed by atoms with Crippen LogP contribution in [0.2, 0.25) is 0 Å². The Kier molecular flexibility index (Phi) is 3.38. The second-order valence-corrected chi connectivity index (χ2v) is 5.01. The summed E-state index contributed by atoms with van der Waals surface area (Å²) in [7, 11) is 0. The molecule has 5 heteroatoms. The third kappa shape index (κ3) is 2.04. The summed E-state index contributed by atoms with van der Waals surface area (Å²) in [5, 5.41) is 9.44. The molecule has 1 amide bonds. The Morgan fingerprint density at radius 2 is 2.29 bits per heavy atom. The number of likely N-dealkylation sites (tertiary alicyclic amines) is 1. The molecule has 0 aromatic rings. The van der Waals surface area contributed by atoms with Crippen LogP contribution < -0.4 is 0 Å². The largest absolute Gasteiger partial charge is 0.481 e. The molecule has 0 aromatic carbocycles. The van der Waals surface area contributed by atoms with Gasteiger partial charge in [-0.1, -0.05) is 6.92 Å². The maximum absolute atomic E-state index is 11.8. The average Bonchev–Trinajstić information content (AvgIpc) is 2.70. The lowest BCUT2D eigenvalue weighted by Crippen LogP contribution is -2.45. The number of hydrogen-bond acceptors (Lipinski definition) is 3. The number of aliphatic carboxylic acids is 1. The zero-order valence-corrected chi connectivity index (χ0v) is 10.1. The predicted octanol–water partition coefficient (Wildman–Crippen LogP) is 0.736. The summed E-state index contributed by atoms with van der Waals surface area (Å²) >= 11 is 0. The smallest absolute Gasteiger partial charge is 0.311 e. The molecule has 2 aliphatic heterocycles. The fourth-order valence-corrected chi connectivity index (χ4v) is 2.86. The summed E-state index contributed by atoms with van der Waals surface area (Å²) in [5.74, 6) is -0.755. The zero-order chi connectivity index (χ0) is 12.5. The Bertz CT molecular complexity index is 330. The molecule has 17 heavy (non-hydrogen) atoms. The van der Waals surface area contributed by atoms with E-state index in [9.17, 15) is 14.7 Å². The molecular weight excluding hydrogens is 222 g/mol. The minimum Gasteiger partial charge on any atom is -0.481 e. The number of carboxylic acids is 1. The fraction of sp³-hybridized carbons (Fsp3) is 0.833. The van der Waals surface area contributed by atoms with Crippen molar-refractivity contribution in [1.29, 1.82) is 0 Å². The van der Waals surface area contributed by atoms with E-state index in [1.807, 2.05) is 6.92 Å². The normalized spacial score (nSPS) is 32.3. The molecule has 0 aliphatic carbocycles. The molecule has 96 valence electrons. The van der Waals surface area contributed by atoms with E-state index in [0.717, 1.165) is 6.42 Å². The van der Waals surface area contributed by atoms with E-state index < -0.39 is 11.4 Å². The van der Waals surface area contributed by atoms with Crippen molar-refractivity contribution >= 4 is 11.9 Å². The molecule has 0 saturated carbocycles. The van der Waals surface area contributed by atoms with E-state index >= 15 is 0 Å². The quantitative estimate of drug-likeness (QED) is 0.791. The summed E-state index contributed by atoms with van der Waals surface area (Å²) in [5.41, 5.74) is -0.762. The summed E-state index contributed by atoms with van der Waals surface area (Å²) in [4.78, 5) is 25.0. The van der Waals surface area contributed by atoms with Gasteiger partial charge < -0.3 is 14.7 Å². The number of nitrogens with zero attached hydrogens (tertiary/aromatic N) is 1. The molecule has 0 unspecified atom stereocenters. The minimum atomic E-state index is -0.780. The predicted molar refractivity (Wildman–Crippen MR) is 60.5 cm³/mol. The van der Waals surface area contributed by atoms with Gasteiger partial charge in [-0.25, -0.2) is 0 Å². The Morgan fingerprint density at radius 3 is 2.88 bits per heavy atom. The fourth-order valence-electron chi connectivity index (χ4n) is 2.86. The number of carboxylic acid groups (broad SMARTS) is 1. The first-order valence-corrected chi connectivity index (χ1v) is 6.19. The maximum Gasteiger partial charge on any atom is 0.311 e. The first kappa shape index (κ1) is 12.4. The lowest BCUT2D eigenvalue weighted by atomic mass is 9.74. The van der Waals surface area contributed by atoms with Gasteiger partial charge in [-0.05, 0) is 12.8 Å². The second-order valence-electron chi connectivity index (χ2n) is 5.01. The molecule has 5 nitrogen and oxygen atoms in total. The van der Waals surface area contributed by atoms with Crippen LogP contribution in [0.3, 0.4) is 0 Å². The van der Waals surface area contributed by atoms with Crippen LogP contribution in [0.15, 0.2) is 0 Å². The highest BCUT2D eigenvalue weighted by atomic mass is 16.5. The Labute approximate surface area is 101 Å². The lowest BCUT2D eigenvalue weighted by Gasteiger charge is -2.33. The van der Waals surface area contributed by atoms with Crippen LogP contribution in [0.4, 0.5) is 0 Å². The highest BCUT2D eigenvalue weighted by molar-refractivity contribution is 5.81. The van der Waals surface area contributed by atoms with E-state index in [2.05, 4.69) is 0 Å². The van der Waals surface area contributed by atoms with E-state index in [4.69, 9.17) is 4.74 Å². The van der Waals surface area contributed by atoms with Crippen molar-refractivity contribution in [3.05, 3.63) is 0 Å². The number of fused-ring (bicyclic) bond motifs is 1. The third-order valence-corrected chi connectivity index (χ3v) is 3.95. The SMILES string of the molecule is CCCC(=O)N1C[C@H]2COCC[C@@]2(C(=O)O)C1. The average molecular weight is 241 g/mol. The molecule has 2 fully saturated rings. The first-order chi connectivity index (χ1) is 8.10. The van der Waals surface area contributed by atoms with Crippen molar-refractivity contribution in [1.82, 2.24) is 4.90 Å². The molecule has 0 aromatic heterocycles. The van der Waals surface area contributed by atoms with Crippen molar-refractivity contribution in [3.8, 4) is 0 Å². The van der Waals surface area contributed by atoms with E-state index in [1.54, 1.807) is 4.90 Å². The molecule has 1 N–H and O–H groups in total. The van der Waals surface area contributed by atoms with Crippen molar-refractivity contribution in [2.24, 2.45) is 11.3 Å². The third-order valence-electron chi connectivity index (χ3n) is 3.95. The van der Waals surface area contributed by atoms with Crippen LogP contribution in [0, 0.1) is 11.3 Å². The van der Waals surface area contributed by atoms with Crippen LogP contribution in [0.25, 0.3) is 0 Å². The Hall–Kier alpha value is -1.10. The van der Waals surface area contributed by atoms with Crippen LogP contribution in [0.5, 0.6) is 0 Å². The summed E-state index contributed by atoms with van der Waals surface area (Å²) in [6.45, 7) is 3.79. The molecule has 2 atom stereocenters. The molecule has 0 radical (unpaired) electrons. The highest BCUT2D eigenvalue weighted by Crippen LogP contribution is 2.42. The lowest BCUT2D eigenvalue weighted by molar-refractivity contribution is -0.157. The molecule has 0 bridgehead atoms. The van der Waals surface area contributed by atoms with Gasteiger partial charge in [0.25, 0.3) is 0 Å². The minimum absolute atomic E-state index is 0.0467. The Morgan fingerprint density at radius 1 is 1.53 bits per heavy atom. The van der Waals surface area contributed by atoms with Crippen LogP contribution in [-0.2, 0) is 14.3 Å². The zero-order valence-electron chi connectivity index (χ0n) is 10.1. The number of carbonyl (C=O) groups is 2. The molecule has 2 rings (SSSR count). The van der Waals surface area contributed by atoms with Gasteiger partial charge in [0.2, 0.25) is 5.91 Å². The van der Waals surface area contributed by atoms with Crippen LogP contribution in [0.1, 0.15) is 26.2 Å². The van der Waals surface area contributed by atoms with Crippen molar-refractivity contribution in [2.45, 2.75) is 26.2 Å². The summed E-state index contributed by atoms with van der Waals surface area (Å²) in [6.07, 6.45) is 1.82. The summed E-state index contributed by atoms with van der Waals surface area (Å²) in [6, 6.07) is 0. The van der Waals surface area contributed by atoms with Gasteiger partial charge in [0, 0.05) is 32.0 Å². The number of rotatable bonds is 3. The van der Waals surface area contributed by atoms with Gasteiger partial charge in [0.15, 0.2) is 0 Å². The van der Waals surface area contributed by atoms with Crippen LogP contribution in [-0.4, -0.2) is 48.2 Å². The topological polar surface area (TPSA) is 66.8 Å². The van der Waals surface area contributed by atoms with Gasteiger partial charge in [0.1, 0.15) is 0 Å². The molecule has 2 heterocycles. The van der Waals surface area contributed by atoms with Crippen molar-refractivity contribution in [2.75, 3.05) is 26.3 Å².